The molecule has 2 aromatic rings. The van der Waals surface area contributed by atoms with Crippen molar-refractivity contribution in [2.45, 2.75) is 78.0 Å². The minimum absolute atomic E-state index is 0.0450. The summed E-state index contributed by atoms with van der Waals surface area (Å²) in [5, 5.41) is 16.8. The van der Waals surface area contributed by atoms with E-state index in [0.29, 0.717) is 16.8 Å². The Morgan fingerprint density at radius 1 is 1.06 bits per heavy atom. The number of hydrogen-bond acceptors (Lipinski definition) is 4. The van der Waals surface area contributed by atoms with Crippen LogP contribution in [0.25, 0.3) is 11.1 Å². The number of rotatable bonds is 4. The Morgan fingerprint density at radius 2 is 1.69 bits per heavy atom. The van der Waals surface area contributed by atoms with E-state index in [9.17, 15) is 14.7 Å². The van der Waals surface area contributed by atoms with E-state index in [-0.39, 0.29) is 5.91 Å². The highest BCUT2D eigenvalue weighted by atomic mass is 16.5. The smallest absolute Gasteiger partial charge is 0.337 e. The number of carbonyl (C=O) groups excluding carboxylic acids is 1. The second-order valence-electron chi connectivity index (χ2n) is 10.1. The van der Waals surface area contributed by atoms with Crippen molar-refractivity contribution >= 4 is 23.3 Å². The lowest BCUT2D eigenvalue weighted by atomic mass is 9.73. The van der Waals surface area contributed by atoms with E-state index in [1.54, 1.807) is 0 Å². The van der Waals surface area contributed by atoms with Crippen molar-refractivity contribution in [3.05, 3.63) is 46.5 Å². The normalized spacial score (nSPS) is 17.8. The Morgan fingerprint density at radius 3 is 2.19 bits per heavy atom. The van der Waals surface area contributed by atoms with Gasteiger partial charge in [-0.3, -0.25) is 4.79 Å². The van der Waals surface area contributed by atoms with Gasteiger partial charge in [0.2, 0.25) is 5.91 Å². The molecule has 1 heterocycles. The highest BCUT2D eigenvalue weighted by Crippen LogP contribution is 2.50. The largest absolute Gasteiger partial charge is 0.479 e. The molecule has 1 spiro atoms. The van der Waals surface area contributed by atoms with E-state index in [4.69, 9.17) is 4.74 Å². The molecule has 0 radical (unpaired) electrons. The fourth-order valence-corrected chi connectivity index (χ4v) is 4.75. The molecular formula is C26H32N2O4. The summed E-state index contributed by atoms with van der Waals surface area (Å²) in [7, 11) is 0. The van der Waals surface area contributed by atoms with Gasteiger partial charge in [0, 0.05) is 5.56 Å². The summed E-state index contributed by atoms with van der Waals surface area (Å²) in [5.41, 5.74) is 5.41. The van der Waals surface area contributed by atoms with Gasteiger partial charge in [-0.15, -0.1) is 0 Å². The standard InChI is InChI=1S/C26H32N2O4/c1-14-8-10-17(11-9-14)18-15(2)21-20(27-24(31)26(28-21)12-7-13-26)16(3)19(18)22(23(29)30)32-25(4,5)6/h8-11,22,28H,7,12-13H2,1-6H3,(H,27,31)(H,29,30)/t22-/m0/s1. The van der Waals surface area contributed by atoms with Crippen LogP contribution in [0.15, 0.2) is 24.3 Å². The maximum atomic E-state index is 12.9. The van der Waals surface area contributed by atoms with E-state index in [2.05, 4.69) is 10.6 Å². The van der Waals surface area contributed by atoms with Crippen molar-refractivity contribution in [2.24, 2.45) is 0 Å². The monoisotopic (exact) mass is 436 g/mol. The highest BCUT2D eigenvalue weighted by Gasteiger charge is 2.48. The van der Waals surface area contributed by atoms with E-state index in [1.807, 2.05) is 65.8 Å². The molecule has 1 amide bonds. The molecule has 3 N–H and O–H groups in total. The molecular weight excluding hydrogens is 404 g/mol. The molecule has 6 heteroatoms. The fourth-order valence-electron chi connectivity index (χ4n) is 4.75. The van der Waals surface area contributed by atoms with Gasteiger partial charge in [0.15, 0.2) is 6.10 Å². The lowest BCUT2D eigenvalue weighted by Gasteiger charge is -2.46. The van der Waals surface area contributed by atoms with Crippen molar-refractivity contribution in [3.8, 4) is 11.1 Å². The molecule has 32 heavy (non-hydrogen) atoms. The van der Waals surface area contributed by atoms with E-state index >= 15 is 0 Å². The van der Waals surface area contributed by atoms with Crippen LogP contribution in [-0.4, -0.2) is 28.1 Å². The van der Waals surface area contributed by atoms with Crippen molar-refractivity contribution in [2.75, 3.05) is 10.6 Å². The van der Waals surface area contributed by atoms with E-state index < -0.39 is 23.2 Å². The first kappa shape index (κ1) is 22.3. The van der Waals surface area contributed by atoms with Crippen LogP contribution < -0.4 is 10.6 Å². The molecule has 1 saturated carbocycles. The van der Waals surface area contributed by atoms with Gasteiger partial charge in [0.05, 0.1) is 17.0 Å². The van der Waals surface area contributed by atoms with Crippen LogP contribution in [0.4, 0.5) is 11.4 Å². The fraction of sp³-hybridized carbons (Fsp3) is 0.462. The van der Waals surface area contributed by atoms with Crippen LogP contribution >= 0.6 is 0 Å². The molecule has 6 nitrogen and oxygen atoms in total. The molecule has 0 bridgehead atoms. The zero-order chi connectivity index (χ0) is 23.4. The first-order valence-corrected chi connectivity index (χ1v) is 11.2. The maximum Gasteiger partial charge on any atom is 0.337 e. The zero-order valence-corrected chi connectivity index (χ0v) is 19.7. The van der Waals surface area contributed by atoms with Crippen LogP contribution in [-0.2, 0) is 14.3 Å². The molecule has 1 fully saturated rings. The van der Waals surface area contributed by atoms with Gasteiger partial charge >= 0.3 is 5.97 Å². The third-order valence-electron chi connectivity index (χ3n) is 6.59. The van der Waals surface area contributed by atoms with Gasteiger partial charge in [0.1, 0.15) is 5.54 Å². The lowest BCUT2D eigenvalue weighted by molar-refractivity contribution is -0.160. The topological polar surface area (TPSA) is 87.7 Å². The number of carboxylic acid groups (broad SMARTS) is 1. The van der Waals surface area contributed by atoms with Crippen LogP contribution in [0, 0.1) is 20.8 Å². The SMILES string of the molecule is Cc1ccc(-c2c(C)c3c(c(C)c2[C@H](OC(C)(C)C)C(=O)O)NC(=O)C2(CCC2)N3)cc1. The number of fused-ring (bicyclic) bond motifs is 1. The molecule has 4 rings (SSSR count). The number of aliphatic carboxylic acids is 1. The number of ether oxygens (including phenoxy) is 1. The summed E-state index contributed by atoms with van der Waals surface area (Å²) in [6.07, 6.45) is 1.43. The molecule has 2 aliphatic rings. The first-order valence-electron chi connectivity index (χ1n) is 11.2. The Bertz CT molecular complexity index is 1090. The second kappa shape index (κ2) is 7.62. The summed E-state index contributed by atoms with van der Waals surface area (Å²) in [4.78, 5) is 25.4. The van der Waals surface area contributed by atoms with E-state index in [1.165, 1.54) is 0 Å². The zero-order valence-electron chi connectivity index (χ0n) is 19.7. The van der Waals surface area contributed by atoms with Crippen LogP contribution in [0.2, 0.25) is 0 Å². The molecule has 2 aromatic carbocycles. The summed E-state index contributed by atoms with van der Waals surface area (Å²) in [5.74, 6) is -1.10. The number of anilines is 2. The number of aryl methyl sites for hydroxylation is 1. The number of carboxylic acids is 1. The third kappa shape index (κ3) is 3.66. The molecule has 170 valence electrons. The quantitative estimate of drug-likeness (QED) is 0.588. The first-order chi connectivity index (χ1) is 14.9. The number of amides is 1. The molecule has 0 aromatic heterocycles. The third-order valence-corrected chi connectivity index (χ3v) is 6.59. The second-order valence-corrected chi connectivity index (χ2v) is 10.1. The van der Waals surface area contributed by atoms with Crippen molar-refractivity contribution < 1.29 is 19.4 Å². The predicted molar refractivity (Wildman–Crippen MR) is 126 cm³/mol. The van der Waals surface area contributed by atoms with Gasteiger partial charge in [-0.1, -0.05) is 29.8 Å². The Balaban J connectivity index is 2.00. The van der Waals surface area contributed by atoms with Crippen molar-refractivity contribution in [1.29, 1.82) is 0 Å². The predicted octanol–water partition coefficient (Wildman–Crippen LogP) is 5.51. The Kier molecular flexibility index (Phi) is 5.32. The lowest BCUT2D eigenvalue weighted by Crippen LogP contribution is -2.57. The van der Waals surface area contributed by atoms with Crippen LogP contribution in [0.5, 0.6) is 0 Å². The number of hydrogen-bond donors (Lipinski definition) is 3. The number of nitrogens with one attached hydrogen (secondary N) is 2. The summed E-state index contributed by atoms with van der Waals surface area (Å²) < 4.78 is 6.07. The van der Waals surface area contributed by atoms with Gasteiger partial charge in [-0.05, 0) is 83.1 Å². The molecule has 1 aliphatic carbocycles. The average Bonchev–Trinajstić information content (AvgIpc) is 2.67. The van der Waals surface area contributed by atoms with Gasteiger partial charge in [-0.25, -0.2) is 4.79 Å². The van der Waals surface area contributed by atoms with E-state index in [0.717, 1.165) is 47.2 Å². The minimum Gasteiger partial charge on any atom is -0.479 e. The maximum absolute atomic E-state index is 12.9. The molecule has 1 atom stereocenters. The highest BCUT2D eigenvalue weighted by molar-refractivity contribution is 6.09. The molecule has 1 aliphatic heterocycles. The molecule has 0 saturated heterocycles. The van der Waals surface area contributed by atoms with Gasteiger partial charge in [0.25, 0.3) is 0 Å². The van der Waals surface area contributed by atoms with Gasteiger partial charge < -0.3 is 20.5 Å². The number of benzene rings is 2. The average molecular weight is 437 g/mol. The van der Waals surface area contributed by atoms with Crippen LogP contribution in [0.3, 0.4) is 0 Å². The van der Waals surface area contributed by atoms with Gasteiger partial charge in [-0.2, -0.15) is 0 Å². The Labute approximate surface area is 189 Å². The van der Waals surface area contributed by atoms with Crippen molar-refractivity contribution in [1.82, 2.24) is 0 Å². The summed E-state index contributed by atoms with van der Waals surface area (Å²) >= 11 is 0. The minimum atomic E-state index is -1.17. The summed E-state index contributed by atoms with van der Waals surface area (Å²) in [6.45, 7) is 11.4. The molecule has 0 unspecified atom stereocenters. The van der Waals surface area contributed by atoms with Crippen LogP contribution in [0.1, 0.15) is 68.4 Å². The number of carbonyl (C=O) groups is 2. The van der Waals surface area contributed by atoms with Crippen molar-refractivity contribution in [3.63, 3.8) is 0 Å². The summed E-state index contributed by atoms with van der Waals surface area (Å²) in [6, 6.07) is 8.08. The Hall–Kier alpha value is -2.86.